The Bertz CT molecular complexity index is 227. The maximum absolute atomic E-state index is 10.8. The minimum Gasteiger partial charge on any atom is -0.419 e. The van der Waals surface area contributed by atoms with Crippen molar-refractivity contribution in [2.75, 3.05) is 6.61 Å². The number of halogens is 4. The highest BCUT2D eigenvalue weighted by Crippen LogP contribution is 2.44. The summed E-state index contributed by atoms with van der Waals surface area (Å²) in [7, 11) is 0. The summed E-state index contributed by atoms with van der Waals surface area (Å²) >= 11 is 22.3. The van der Waals surface area contributed by atoms with Gasteiger partial charge >= 0.3 is 10.5 Å². The van der Waals surface area contributed by atoms with Gasteiger partial charge in [-0.1, -0.05) is 53.0 Å². The van der Waals surface area contributed by atoms with Gasteiger partial charge in [-0.25, -0.2) is 4.79 Å². The number of ether oxygens (including phenoxy) is 2. The molecule has 0 aliphatic heterocycles. The van der Waals surface area contributed by atoms with Crippen LogP contribution in [0.25, 0.3) is 0 Å². The van der Waals surface area contributed by atoms with Gasteiger partial charge in [-0.15, -0.1) is 0 Å². The van der Waals surface area contributed by atoms with Gasteiger partial charge in [0.2, 0.25) is 0 Å². The maximum Gasteiger partial charge on any atom is 0.332 e. The molecule has 14 heavy (non-hydrogen) atoms. The minimum absolute atomic E-state index is 0.153. The van der Waals surface area contributed by atoms with Crippen LogP contribution in [0.2, 0.25) is 0 Å². The minimum atomic E-state index is -2.20. The standard InChI is InChI=1S/C7H8Cl4O3/c1-3-5(12)14-7(10,11)6(8,9)13-4-2/h3H,1,4H2,2H3. The van der Waals surface area contributed by atoms with Gasteiger partial charge in [0.15, 0.2) is 0 Å². The maximum atomic E-state index is 10.8. The Balaban J connectivity index is 4.57. The summed E-state index contributed by atoms with van der Waals surface area (Å²) in [6, 6.07) is 0. The highest BCUT2D eigenvalue weighted by molar-refractivity contribution is 6.61. The van der Waals surface area contributed by atoms with E-state index < -0.39 is 15.0 Å². The third-order valence-corrected chi connectivity index (χ3v) is 2.88. The second kappa shape index (κ2) is 5.42. The SMILES string of the molecule is C=CC(=O)OC(Cl)(Cl)C(Cl)(Cl)OCC. The van der Waals surface area contributed by atoms with E-state index in [1.54, 1.807) is 6.92 Å². The zero-order valence-electron chi connectivity index (χ0n) is 7.23. The molecule has 0 aliphatic rings. The van der Waals surface area contributed by atoms with Gasteiger partial charge < -0.3 is 9.47 Å². The fourth-order valence-corrected chi connectivity index (χ4v) is 1.05. The number of rotatable bonds is 5. The van der Waals surface area contributed by atoms with Crippen molar-refractivity contribution in [1.29, 1.82) is 0 Å². The largest absolute Gasteiger partial charge is 0.419 e. The van der Waals surface area contributed by atoms with Crippen LogP contribution >= 0.6 is 46.4 Å². The predicted molar refractivity (Wildman–Crippen MR) is 56.8 cm³/mol. The first-order chi connectivity index (χ1) is 6.27. The monoisotopic (exact) mass is 280 g/mol. The lowest BCUT2D eigenvalue weighted by atomic mass is 10.6. The van der Waals surface area contributed by atoms with Gasteiger partial charge in [-0.2, -0.15) is 0 Å². The molecule has 0 amide bonds. The Kier molecular flexibility index (Phi) is 5.55. The molecule has 3 nitrogen and oxygen atoms in total. The van der Waals surface area contributed by atoms with Crippen molar-refractivity contribution in [3.63, 3.8) is 0 Å². The van der Waals surface area contributed by atoms with Crippen LogP contribution in [0.4, 0.5) is 0 Å². The molecule has 0 fully saturated rings. The van der Waals surface area contributed by atoms with Crippen molar-refractivity contribution in [3.8, 4) is 0 Å². The summed E-state index contributed by atoms with van der Waals surface area (Å²) in [6.07, 6.45) is 0.870. The van der Waals surface area contributed by atoms with E-state index in [1.165, 1.54) is 0 Å². The van der Waals surface area contributed by atoms with Crippen LogP contribution in [0.15, 0.2) is 12.7 Å². The van der Waals surface area contributed by atoms with E-state index in [9.17, 15) is 4.79 Å². The van der Waals surface area contributed by atoms with Crippen molar-refractivity contribution in [3.05, 3.63) is 12.7 Å². The predicted octanol–water partition coefficient (Wildman–Crippen LogP) is 3.01. The number of esters is 1. The van der Waals surface area contributed by atoms with Crippen LogP contribution in [0, 0.1) is 0 Å². The molecular formula is C7H8Cl4O3. The molecule has 0 aliphatic carbocycles. The topological polar surface area (TPSA) is 35.5 Å². The van der Waals surface area contributed by atoms with E-state index in [-0.39, 0.29) is 6.61 Å². The molecule has 7 heteroatoms. The van der Waals surface area contributed by atoms with E-state index in [2.05, 4.69) is 11.3 Å². The molecule has 0 unspecified atom stereocenters. The van der Waals surface area contributed by atoms with Crippen LogP contribution in [0.3, 0.4) is 0 Å². The molecule has 82 valence electrons. The molecule has 0 atom stereocenters. The third kappa shape index (κ3) is 3.83. The van der Waals surface area contributed by atoms with E-state index in [0.717, 1.165) is 6.08 Å². The summed E-state index contributed by atoms with van der Waals surface area (Å²) in [5, 5.41) is 0. The molecule has 0 rings (SSSR count). The van der Waals surface area contributed by atoms with Crippen molar-refractivity contribution >= 4 is 52.4 Å². The van der Waals surface area contributed by atoms with Gasteiger partial charge in [0.05, 0.1) is 0 Å². The molecule has 0 aromatic heterocycles. The van der Waals surface area contributed by atoms with Crippen molar-refractivity contribution < 1.29 is 14.3 Å². The van der Waals surface area contributed by atoms with Gasteiger partial charge in [-0.05, 0) is 6.92 Å². The van der Waals surface area contributed by atoms with Crippen LogP contribution < -0.4 is 0 Å². The number of hydrogen-bond donors (Lipinski definition) is 0. The quantitative estimate of drug-likeness (QED) is 0.441. The average Bonchev–Trinajstić information content (AvgIpc) is 2.03. The van der Waals surface area contributed by atoms with Crippen LogP contribution in [-0.2, 0) is 14.3 Å². The summed E-state index contributed by atoms with van der Waals surface area (Å²) in [5.74, 6) is -0.861. The summed E-state index contributed by atoms with van der Waals surface area (Å²) < 4.78 is 5.05. The Morgan fingerprint density at radius 1 is 1.36 bits per heavy atom. The van der Waals surface area contributed by atoms with Gasteiger partial charge in [0, 0.05) is 12.7 Å². The van der Waals surface area contributed by atoms with Crippen molar-refractivity contribution in [2.45, 2.75) is 16.0 Å². The molecule has 0 saturated carbocycles. The van der Waals surface area contributed by atoms with Gasteiger partial charge in [-0.3, -0.25) is 0 Å². The van der Waals surface area contributed by atoms with Crippen LogP contribution in [-0.4, -0.2) is 21.6 Å². The summed E-state index contributed by atoms with van der Waals surface area (Å²) in [5.41, 5.74) is 0. The summed E-state index contributed by atoms with van der Waals surface area (Å²) in [6.45, 7) is 4.93. The van der Waals surface area contributed by atoms with Gasteiger partial charge in [0.1, 0.15) is 0 Å². The Hall–Kier alpha value is 0.330. The number of carbonyl (C=O) groups is 1. The fraction of sp³-hybridized carbons (Fsp3) is 0.571. The smallest absolute Gasteiger partial charge is 0.332 e. The van der Waals surface area contributed by atoms with E-state index in [1.807, 2.05) is 0 Å². The molecule has 0 saturated heterocycles. The molecule has 0 aromatic carbocycles. The molecule has 0 radical (unpaired) electrons. The highest BCUT2D eigenvalue weighted by atomic mass is 35.5. The number of hydrogen-bond acceptors (Lipinski definition) is 3. The highest BCUT2D eigenvalue weighted by Gasteiger charge is 2.52. The van der Waals surface area contributed by atoms with Crippen molar-refractivity contribution in [1.82, 2.24) is 0 Å². The normalized spacial score (nSPS) is 12.4. The molecule has 0 aromatic rings. The van der Waals surface area contributed by atoms with E-state index in [4.69, 9.17) is 51.1 Å². The molecule has 0 bridgehead atoms. The van der Waals surface area contributed by atoms with Gasteiger partial charge in [0.25, 0.3) is 4.52 Å². The fourth-order valence-electron chi connectivity index (χ4n) is 0.493. The lowest BCUT2D eigenvalue weighted by molar-refractivity contribution is -0.147. The zero-order chi connectivity index (χ0) is 11.4. The van der Waals surface area contributed by atoms with Crippen LogP contribution in [0.5, 0.6) is 0 Å². The first-order valence-electron chi connectivity index (χ1n) is 3.52. The first-order valence-corrected chi connectivity index (χ1v) is 5.03. The average molecular weight is 282 g/mol. The zero-order valence-corrected chi connectivity index (χ0v) is 10.3. The third-order valence-electron chi connectivity index (χ3n) is 1.06. The molecule has 0 spiro atoms. The Labute approximate surface area is 102 Å². The molecule has 0 heterocycles. The van der Waals surface area contributed by atoms with E-state index >= 15 is 0 Å². The molecule has 0 N–H and O–H groups in total. The number of alkyl halides is 4. The Morgan fingerprint density at radius 2 is 1.86 bits per heavy atom. The lowest BCUT2D eigenvalue weighted by Gasteiger charge is -2.30. The second-order valence-electron chi connectivity index (χ2n) is 2.09. The lowest BCUT2D eigenvalue weighted by Crippen LogP contribution is -2.42. The summed E-state index contributed by atoms with van der Waals surface area (Å²) in [4.78, 5) is 10.8. The molecular weight excluding hydrogens is 274 g/mol. The van der Waals surface area contributed by atoms with Crippen LogP contribution in [0.1, 0.15) is 6.92 Å². The number of carbonyl (C=O) groups excluding carboxylic acids is 1. The van der Waals surface area contributed by atoms with Crippen molar-refractivity contribution in [2.24, 2.45) is 0 Å². The first kappa shape index (κ1) is 14.3. The second-order valence-corrected chi connectivity index (χ2v) is 4.61. The van der Waals surface area contributed by atoms with E-state index in [0.29, 0.717) is 0 Å². The Morgan fingerprint density at radius 3 is 2.21 bits per heavy atom.